The molecule has 0 unspecified atom stereocenters. The standard InChI is InChI=1S/C21H40N2O/c1-2-3-4-5-6-7-8-9-10-11-12-13-14-15-16-17-18-19-21(24)23-20-22/h2-19H2,1H3,(H,23,24). The van der Waals surface area contributed by atoms with Crippen LogP contribution in [0.15, 0.2) is 0 Å². The Morgan fingerprint density at radius 1 is 0.667 bits per heavy atom. The van der Waals surface area contributed by atoms with Crippen LogP contribution >= 0.6 is 0 Å². The van der Waals surface area contributed by atoms with Crippen LogP contribution in [0.5, 0.6) is 0 Å². The van der Waals surface area contributed by atoms with Gasteiger partial charge in [-0.3, -0.25) is 10.1 Å². The van der Waals surface area contributed by atoms with Crippen LogP contribution < -0.4 is 5.32 Å². The number of nitriles is 1. The highest BCUT2D eigenvalue weighted by molar-refractivity contribution is 5.77. The Morgan fingerprint density at radius 3 is 1.33 bits per heavy atom. The maximum absolute atomic E-state index is 11.1. The fraction of sp³-hybridized carbons (Fsp3) is 0.905. The summed E-state index contributed by atoms with van der Waals surface area (Å²) in [4.78, 5) is 11.1. The van der Waals surface area contributed by atoms with Crippen LogP contribution in [0.25, 0.3) is 0 Å². The van der Waals surface area contributed by atoms with Crippen LogP contribution in [0.3, 0.4) is 0 Å². The van der Waals surface area contributed by atoms with Crippen molar-refractivity contribution in [2.75, 3.05) is 0 Å². The van der Waals surface area contributed by atoms with Crippen molar-refractivity contribution in [2.24, 2.45) is 0 Å². The summed E-state index contributed by atoms with van der Waals surface area (Å²) >= 11 is 0. The third-order valence-electron chi connectivity index (χ3n) is 4.70. The zero-order valence-electron chi connectivity index (χ0n) is 16.1. The largest absolute Gasteiger partial charge is 0.274 e. The average molecular weight is 337 g/mol. The van der Waals surface area contributed by atoms with Crippen molar-refractivity contribution < 1.29 is 4.79 Å². The molecule has 0 aromatic heterocycles. The van der Waals surface area contributed by atoms with Crippen LogP contribution in [0.2, 0.25) is 0 Å². The first-order valence-electron chi connectivity index (χ1n) is 10.5. The molecule has 0 aromatic carbocycles. The Labute approximate surface area is 150 Å². The van der Waals surface area contributed by atoms with E-state index in [4.69, 9.17) is 5.26 Å². The topological polar surface area (TPSA) is 52.9 Å². The zero-order valence-corrected chi connectivity index (χ0v) is 16.1. The van der Waals surface area contributed by atoms with E-state index >= 15 is 0 Å². The zero-order chi connectivity index (χ0) is 17.7. The first kappa shape index (κ1) is 23.0. The van der Waals surface area contributed by atoms with E-state index in [1.807, 2.05) is 0 Å². The predicted octanol–water partition coefficient (Wildman–Crippen LogP) is 6.63. The Hall–Kier alpha value is -1.04. The van der Waals surface area contributed by atoms with Crippen LogP contribution in [0.4, 0.5) is 0 Å². The molecule has 0 atom stereocenters. The van der Waals surface area contributed by atoms with Gasteiger partial charge in [0.05, 0.1) is 0 Å². The van der Waals surface area contributed by atoms with Gasteiger partial charge < -0.3 is 0 Å². The summed E-state index contributed by atoms with van der Waals surface area (Å²) in [5.74, 6) is -0.140. The number of amides is 1. The Balaban J connectivity index is 3.03. The number of nitrogens with zero attached hydrogens (tertiary/aromatic N) is 1. The minimum Gasteiger partial charge on any atom is -0.274 e. The average Bonchev–Trinajstić information content (AvgIpc) is 2.58. The van der Waals surface area contributed by atoms with Crippen LogP contribution in [0.1, 0.15) is 122 Å². The van der Waals surface area contributed by atoms with Gasteiger partial charge in [0.2, 0.25) is 5.91 Å². The van der Waals surface area contributed by atoms with Crippen LogP contribution in [0, 0.1) is 11.5 Å². The lowest BCUT2D eigenvalue weighted by Gasteiger charge is -2.03. The van der Waals surface area contributed by atoms with Gasteiger partial charge in [0.1, 0.15) is 0 Å². The minimum atomic E-state index is -0.140. The summed E-state index contributed by atoms with van der Waals surface area (Å²) in [5.41, 5.74) is 0. The molecule has 140 valence electrons. The van der Waals surface area contributed by atoms with E-state index < -0.39 is 0 Å². The maximum atomic E-state index is 11.1. The highest BCUT2D eigenvalue weighted by Crippen LogP contribution is 2.14. The molecule has 0 rings (SSSR count). The molecule has 0 aliphatic carbocycles. The van der Waals surface area contributed by atoms with Gasteiger partial charge in [-0.15, -0.1) is 0 Å². The van der Waals surface area contributed by atoms with Crippen molar-refractivity contribution in [3.63, 3.8) is 0 Å². The van der Waals surface area contributed by atoms with Gasteiger partial charge in [0.25, 0.3) is 0 Å². The highest BCUT2D eigenvalue weighted by atomic mass is 16.1. The highest BCUT2D eigenvalue weighted by Gasteiger charge is 1.99. The molecule has 3 heteroatoms. The number of nitrogens with one attached hydrogen (secondary N) is 1. The molecule has 0 fully saturated rings. The van der Waals surface area contributed by atoms with Gasteiger partial charge in [-0.1, -0.05) is 110 Å². The number of hydrogen-bond donors (Lipinski definition) is 1. The molecule has 24 heavy (non-hydrogen) atoms. The molecule has 0 heterocycles. The summed E-state index contributed by atoms with van der Waals surface area (Å²) < 4.78 is 0. The van der Waals surface area contributed by atoms with E-state index in [1.165, 1.54) is 96.3 Å². The van der Waals surface area contributed by atoms with E-state index in [0.717, 1.165) is 12.8 Å². The first-order valence-corrected chi connectivity index (χ1v) is 10.5. The number of carbonyl (C=O) groups excluding carboxylic acids is 1. The molecule has 1 amide bonds. The van der Waals surface area contributed by atoms with Gasteiger partial charge in [0, 0.05) is 6.42 Å². The smallest absolute Gasteiger partial charge is 0.232 e. The number of hydrogen-bond acceptors (Lipinski definition) is 2. The first-order chi connectivity index (χ1) is 11.8. The summed E-state index contributed by atoms with van der Waals surface area (Å²) in [6.45, 7) is 2.28. The van der Waals surface area contributed by atoms with Crippen LogP contribution in [-0.2, 0) is 4.79 Å². The molecule has 1 N–H and O–H groups in total. The second-order valence-corrected chi connectivity index (χ2v) is 7.07. The minimum absolute atomic E-state index is 0.140. The van der Waals surface area contributed by atoms with Gasteiger partial charge in [-0.2, -0.15) is 5.26 Å². The fourth-order valence-electron chi connectivity index (χ4n) is 3.14. The van der Waals surface area contributed by atoms with Crippen molar-refractivity contribution in [3.05, 3.63) is 0 Å². The molecule has 3 nitrogen and oxygen atoms in total. The molecular weight excluding hydrogens is 296 g/mol. The molecule has 0 bridgehead atoms. The maximum Gasteiger partial charge on any atom is 0.232 e. The van der Waals surface area contributed by atoms with Crippen molar-refractivity contribution in [1.82, 2.24) is 5.32 Å². The number of carbonyl (C=O) groups is 1. The van der Waals surface area contributed by atoms with E-state index in [9.17, 15) is 4.79 Å². The summed E-state index contributed by atoms with van der Waals surface area (Å²) in [5, 5.41) is 10.5. The molecule has 0 saturated carbocycles. The SMILES string of the molecule is CCCCCCCCCCCCCCCCCCCC(=O)NC#N. The lowest BCUT2D eigenvalue weighted by atomic mass is 10.0. The third kappa shape index (κ3) is 19.0. The van der Waals surface area contributed by atoms with Crippen LogP contribution in [-0.4, -0.2) is 5.91 Å². The molecule has 0 saturated heterocycles. The van der Waals surface area contributed by atoms with Gasteiger partial charge in [-0.05, 0) is 6.42 Å². The van der Waals surface area contributed by atoms with E-state index in [2.05, 4.69) is 12.2 Å². The summed E-state index contributed by atoms with van der Waals surface area (Å²) in [7, 11) is 0. The normalized spacial score (nSPS) is 10.5. The molecule has 0 radical (unpaired) electrons. The second kappa shape index (κ2) is 20.0. The lowest BCUT2D eigenvalue weighted by Crippen LogP contribution is -2.16. The quantitative estimate of drug-likeness (QED) is 0.173. The Morgan fingerprint density at radius 2 is 1.00 bits per heavy atom. The van der Waals surface area contributed by atoms with E-state index in [1.54, 1.807) is 6.19 Å². The van der Waals surface area contributed by atoms with E-state index in [-0.39, 0.29) is 5.91 Å². The Kier molecular flexibility index (Phi) is 19.1. The van der Waals surface area contributed by atoms with E-state index in [0.29, 0.717) is 6.42 Å². The summed E-state index contributed by atoms with van der Waals surface area (Å²) in [6, 6.07) is 0. The monoisotopic (exact) mass is 336 g/mol. The van der Waals surface area contributed by atoms with Crippen molar-refractivity contribution in [1.29, 1.82) is 5.26 Å². The van der Waals surface area contributed by atoms with Gasteiger partial charge in [0.15, 0.2) is 6.19 Å². The third-order valence-corrected chi connectivity index (χ3v) is 4.70. The van der Waals surface area contributed by atoms with Crippen molar-refractivity contribution in [2.45, 2.75) is 122 Å². The molecular formula is C21H40N2O. The van der Waals surface area contributed by atoms with Crippen molar-refractivity contribution in [3.8, 4) is 6.19 Å². The molecule has 0 aliphatic heterocycles. The summed E-state index contributed by atoms with van der Waals surface area (Å²) in [6.07, 6.45) is 25.0. The van der Waals surface area contributed by atoms with Gasteiger partial charge in [-0.25, -0.2) is 0 Å². The van der Waals surface area contributed by atoms with Gasteiger partial charge >= 0.3 is 0 Å². The second-order valence-electron chi connectivity index (χ2n) is 7.07. The number of unbranched alkanes of at least 4 members (excludes halogenated alkanes) is 16. The lowest BCUT2D eigenvalue weighted by molar-refractivity contribution is -0.120. The predicted molar refractivity (Wildman–Crippen MR) is 103 cm³/mol. The fourth-order valence-corrected chi connectivity index (χ4v) is 3.14. The van der Waals surface area contributed by atoms with Crippen molar-refractivity contribution >= 4 is 5.91 Å². The molecule has 0 aromatic rings. The molecule has 0 spiro atoms. The molecule has 0 aliphatic rings. The Bertz CT molecular complexity index is 309. The number of rotatable bonds is 18.